The lowest BCUT2D eigenvalue weighted by molar-refractivity contribution is -0.134. The van der Waals surface area contributed by atoms with Crippen LogP contribution in [0.4, 0.5) is 5.69 Å². The summed E-state index contributed by atoms with van der Waals surface area (Å²) < 4.78 is 1.73. The molecule has 3 heterocycles. The Balaban J connectivity index is 1.42. The van der Waals surface area contributed by atoms with Crippen molar-refractivity contribution in [3.05, 3.63) is 18.1 Å². The number of carbonyl (C=O) groups is 1. The van der Waals surface area contributed by atoms with Crippen molar-refractivity contribution in [1.82, 2.24) is 24.7 Å². The van der Waals surface area contributed by atoms with Crippen LogP contribution in [0, 0.1) is 11.8 Å². The molecule has 0 radical (unpaired) electrons. The smallest absolute Gasteiger partial charge is 0.225 e. The fourth-order valence-electron chi connectivity index (χ4n) is 3.46. The molecule has 1 saturated carbocycles. The third-order valence-electron chi connectivity index (χ3n) is 5.02. The number of piperidine rings is 1. The van der Waals surface area contributed by atoms with Crippen molar-refractivity contribution >= 4 is 17.2 Å². The van der Waals surface area contributed by atoms with E-state index in [0.717, 1.165) is 68.8 Å². The second kappa shape index (κ2) is 6.37. The van der Waals surface area contributed by atoms with Crippen LogP contribution in [0.3, 0.4) is 0 Å². The Morgan fingerprint density at radius 2 is 2.25 bits per heavy atom. The minimum absolute atomic E-state index is 0.319. The van der Waals surface area contributed by atoms with Crippen LogP contribution in [-0.2, 0) is 11.2 Å². The maximum absolute atomic E-state index is 12.3. The van der Waals surface area contributed by atoms with E-state index >= 15 is 0 Å². The van der Waals surface area contributed by atoms with Crippen molar-refractivity contribution in [1.29, 1.82) is 0 Å². The lowest BCUT2D eigenvalue weighted by atomic mass is 9.97. The molecule has 1 N–H and O–H groups in total. The summed E-state index contributed by atoms with van der Waals surface area (Å²) in [7, 11) is 0. The van der Waals surface area contributed by atoms with E-state index in [1.807, 2.05) is 0 Å². The Hall–Kier alpha value is -2.18. The predicted molar refractivity (Wildman–Crippen MR) is 90.7 cm³/mol. The van der Waals surface area contributed by atoms with Gasteiger partial charge in [-0.25, -0.2) is 0 Å². The Kier molecular flexibility index (Phi) is 4.08. The molecule has 7 nitrogen and oxygen atoms in total. The van der Waals surface area contributed by atoms with Gasteiger partial charge >= 0.3 is 0 Å². The molecule has 1 aliphatic carbocycles. The van der Waals surface area contributed by atoms with Crippen LogP contribution >= 0.6 is 0 Å². The van der Waals surface area contributed by atoms with Crippen LogP contribution in [0.5, 0.6) is 0 Å². The third-order valence-corrected chi connectivity index (χ3v) is 5.02. The fraction of sp³-hybridized carbons (Fsp3) is 0.647. The van der Waals surface area contributed by atoms with Gasteiger partial charge in [-0.2, -0.15) is 9.61 Å². The van der Waals surface area contributed by atoms with Crippen molar-refractivity contribution in [2.45, 2.75) is 39.0 Å². The van der Waals surface area contributed by atoms with Crippen molar-refractivity contribution in [3.8, 4) is 0 Å². The van der Waals surface area contributed by atoms with Gasteiger partial charge in [0.05, 0.1) is 11.4 Å². The molecule has 1 aliphatic heterocycles. The summed E-state index contributed by atoms with van der Waals surface area (Å²) in [5.41, 5.74) is 2.75. The standard InChI is InChI=1S/C17H24N6O/c1-2-14-8-15(16-20-19-11-23(16)21-14)18-9-12-4-3-7-22(10-12)17(24)13-5-6-13/h8,11-13,18H,2-7,9-10H2,1H3. The van der Waals surface area contributed by atoms with Gasteiger partial charge < -0.3 is 10.2 Å². The van der Waals surface area contributed by atoms with E-state index in [0.29, 0.717) is 17.7 Å². The topological polar surface area (TPSA) is 75.4 Å². The number of aryl methyl sites for hydroxylation is 1. The van der Waals surface area contributed by atoms with Crippen molar-refractivity contribution in [2.24, 2.45) is 11.8 Å². The van der Waals surface area contributed by atoms with Gasteiger partial charge in [-0.3, -0.25) is 4.79 Å². The van der Waals surface area contributed by atoms with E-state index in [1.165, 1.54) is 0 Å². The number of amides is 1. The molecule has 0 bridgehead atoms. The average Bonchev–Trinajstić information content (AvgIpc) is 3.36. The third kappa shape index (κ3) is 3.07. The molecule has 128 valence electrons. The number of carbonyl (C=O) groups excluding carboxylic acids is 1. The highest BCUT2D eigenvalue weighted by molar-refractivity contribution is 5.81. The zero-order valence-corrected chi connectivity index (χ0v) is 14.1. The minimum Gasteiger partial charge on any atom is -0.382 e. The highest BCUT2D eigenvalue weighted by Gasteiger charge is 2.35. The molecule has 2 fully saturated rings. The number of hydrogen-bond acceptors (Lipinski definition) is 5. The lowest BCUT2D eigenvalue weighted by Crippen LogP contribution is -2.42. The number of nitrogens with zero attached hydrogens (tertiary/aromatic N) is 5. The number of fused-ring (bicyclic) bond motifs is 1. The largest absolute Gasteiger partial charge is 0.382 e. The summed E-state index contributed by atoms with van der Waals surface area (Å²) in [6, 6.07) is 2.06. The van der Waals surface area contributed by atoms with E-state index in [4.69, 9.17) is 0 Å². The fourth-order valence-corrected chi connectivity index (χ4v) is 3.46. The summed E-state index contributed by atoms with van der Waals surface area (Å²) >= 11 is 0. The Morgan fingerprint density at radius 1 is 1.38 bits per heavy atom. The second-order valence-electron chi connectivity index (χ2n) is 6.95. The molecule has 24 heavy (non-hydrogen) atoms. The van der Waals surface area contributed by atoms with Crippen molar-refractivity contribution in [3.63, 3.8) is 0 Å². The van der Waals surface area contributed by atoms with Gasteiger partial charge in [0.15, 0.2) is 0 Å². The van der Waals surface area contributed by atoms with Gasteiger partial charge in [-0.1, -0.05) is 6.92 Å². The molecular formula is C17H24N6O. The first-order valence-corrected chi connectivity index (χ1v) is 8.97. The number of nitrogens with one attached hydrogen (secondary N) is 1. The van der Waals surface area contributed by atoms with Crippen LogP contribution < -0.4 is 5.32 Å². The Labute approximate surface area is 141 Å². The number of hydrogen-bond donors (Lipinski definition) is 1. The summed E-state index contributed by atoms with van der Waals surface area (Å²) in [5.74, 6) is 1.18. The van der Waals surface area contributed by atoms with Crippen molar-refractivity contribution < 1.29 is 4.79 Å². The van der Waals surface area contributed by atoms with Crippen LogP contribution in [0.25, 0.3) is 5.65 Å². The molecule has 0 spiro atoms. The maximum Gasteiger partial charge on any atom is 0.225 e. The van der Waals surface area contributed by atoms with Gasteiger partial charge in [-0.15, -0.1) is 10.2 Å². The maximum atomic E-state index is 12.3. The van der Waals surface area contributed by atoms with E-state index in [9.17, 15) is 4.79 Å². The number of rotatable bonds is 5. The summed E-state index contributed by atoms with van der Waals surface area (Å²) in [6.07, 6.45) is 6.93. The van der Waals surface area contributed by atoms with Crippen LogP contribution in [0.1, 0.15) is 38.3 Å². The number of anilines is 1. The average molecular weight is 328 g/mol. The molecule has 2 aliphatic rings. The molecular weight excluding hydrogens is 304 g/mol. The normalized spacial score (nSPS) is 21.2. The zero-order valence-electron chi connectivity index (χ0n) is 14.1. The van der Waals surface area contributed by atoms with Crippen molar-refractivity contribution in [2.75, 3.05) is 25.0 Å². The summed E-state index contributed by atoms with van der Waals surface area (Å²) in [4.78, 5) is 14.4. The number of aromatic nitrogens is 4. The van der Waals surface area contributed by atoms with Gasteiger partial charge in [0.2, 0.25) is 11.6 Å². The monoisotopic (exact) mass is 328 g/mol. The molecule has 2 aromatic heterocycles. The highest BCUT2D eigenvalue weighted by Crippen LogP contribution is 2.32. The predicted octanol–water partition coefficient (Wildman–Crippen LogP) is 1.75. The molecule has 2 aromatic rings. The van der Waals surface area contributed by atoms with E-state index in [-0.39, 0.29) is 0 Å². The molecule has 7 heteroatoms. The zero-order chi connectivity index (χ0) is 16.5. The van der Waals surface area contributed by atoms with Crippen LogP contribution in [-0.4, -0.2) is 50.3 Å². The molecule has 1 unspecified atom stereocenters. The van der Waals surface area contributed by atoms with E-state index < -0.39 is 0 Å². The lowest BCUT2D eigenvalue weighted by Gasteiger charge is -2.33. The van der Waals surface area contributed by atoms with Gasteiger partial charge in [0.1, 0.15) is 6.33 Å². The van der Waals surface area contributed by atoms with Crippen LogP contribution in [0.15, 0.2) is 12.4 Å². The first-order valence-electron chi connectivity index (χ1n) is 8.97. The minimum atomic E-state index is 0.319. The van der Waals surface area contributed by atoms with Gasteiger partial charge in [-0.05, 0) is 44.1 Å². The van der Waals surface area contributed by atoms with E-state index in [1.54, 1.807) is 10.8 Å². The molecule has 1 saturated heterocycles. The number of likely N-dealkylation sites (tertiary alicyclic amines) is 1. The first kappa shape index (κ1) is 15.4. The van der Waals surface area contributed by atoms with Gasteiger partial charge in [0.25, 0.3) is 0 Å². The second-order valence-corrected chi connectivity index (χ2v) is 6.95. The SMILES string of the molecule is CCc1cc(NCC2CCCN(C(=O)C3CC3)C2)c2nncn2n1. The summed E-state index contributed by atoms with van der Waals surface area (Å²) in [5, 5.41) is 16.1. The van der Waals surface area contributed by atoms with Gasteiger partial charge in [0, 0.05) is 25.6 Å². The highest BCUT2D eigenvalue weighted by atomic mass is 16.2. The Bertz CT molecular complexity index is 738. The quantitative estimate of drug-likeness (QED) is 0.905. The molecule has 0 aromatic carbocycles. The molecule has 4 rings (SSSR count). The summed E-state index contributed by atoms with van der Waals surface area (Å²) in [6.45, 7) is 4.74. The molecule has 1 amide bonds. The Morgan fingerprint density at radius 3 is 3.04 bits per heavy atom. The van der Waals surface area contributed by atoms with E-state index in [2.05, 4.69) is 38.5 Å². The van der Waals surface area contributed by atoms with Crippen LogP contribution in [0.2, 0.25) is 0 Å². The molecule has 1 atom stereocenters. The first-order chi connectivity index (χ1) is 11.7.